The molecule has 0 spiro atoms. The standard InChI is InChI=1S/C9H17NO3S/c1-8(2,3)10-14(12,13)9(7-11)5-4-6-9/h7,10H,4-6H2,1-3H3. The van der Waals surface area contributed by atoms with Gasteiger partial charge in [0.05, 0.1) is 0 Å². The molecule has 0 aromatic carbocycles. The van der Waals surface area contributed by atoms with Crippen LogP contribution >= 0.6 is 0 Å². The Morgan fingerprint density at radius 3 is 2.00 bits per heavy atom. The van der Waals surface area contributed by atoms with E-state index in [4.69, 9.17) is 0 Å². The zero-order chi connectivity index (χ0) is 11.0. The Labute approximate surface area is 85.1 Å². The first-order valence-corrected chi connectivity index (χ1v) is 6.21. The highest BCUT2D eigenvalue weighted by Gasteiger charge is 2.50. The quantitative estimate of drug-likeness (QED) is 0.715. The number of carbonyl (C=O) groups excluding carboxylic acids is 1. The molecule has 1 saturated carbocycles. The lowest BCUT2D eigenvalue weighted by molar-refractivity contribution is -0.111. The number of hydrogen-bond donors (Lipinski definition) is 1. The van der Waals surface area contributed by atoms with Gasteiger partial charge in [-0.3, -0.25) is 0 Å². The van der Waals surface area contributed by atoms with Crippen molar-refractivity contribution in [3.05, 3.63) is 0 Å². The minimum Gasteiger partial charge on any atom is -0.302 e. The maximum absolute atomic E-state index is 11.8. The second-order valence-corrected chi connectivity index (χ2v) is 6.92. The molecule has 0 aromatic heterocycles. The van der Waals surface area contributed by atoms with Crippen molar-refractivity contribution in [2.75, 3.05) is 0 Å². The highest BCUT2D eigenvalue weighted by atomic mass is 32.2. The fraction of sp³-hybridized carbons (Fsp3) is 0.889. The van der Waals surface area contributed by atoms with Crippen LogP contribution in [0.5, 0.6) is 0 Å². The number of nitrogens with one attached hydrogen (secondary N) is 1. The van der Waals surface area contributed by atoms with Crippen LogP contribution in [0.4, 0.5) is 0 Å². The number of rotatable bonds is 3. The molecule has 0 atom stereocenters. The third kappa shape index (κ3) is 1.98. The van der Waals surface area contributed by atoms with Gasteiger partial charge in [0.25, 0.3) is 0 Å². The van der Waals surface area contributed by atoms with Gasteiger partial charge in [-0.15, -0.1) is 0 Å². The van der Waals surface area contributed by atoms with Crippen molar-refractivity contribution >= 4 is 16.3 Å². The topological polar surface area (TPSA) is 63.2 Å². The van der Waals surface area contributed by atoms with Crippen LogP contribution in [0.3, 0.4) is 0 Å². The Bertz CT molecular complexity index is 322. The summed E-state index contributed by atoms with van der Waals surface area (Å²) in [6.07, 6.45) is 2.28. The van der Waals surface area contributed by atoms with Crippen molar-refractivity contribution in [2.24, 2.45) is 0 Å². The van der Waals surface area contributed by atoms with Crippen molar-refractivity contribution in [1.82, 2.24) is 4.72 Å². The number of sulfonamides is 1. The molecule has 1 aliphatic rings. The summed E-state index contributed by atoms with van der Waals surface area (Å²) in [4.78, 5) is 10.8. The van der Waals surface area contributed by atoms with Crippen LogP contribution in [0, 0.1) is 0 Å². The van der Waals surface area contributed by atoms with Crippen molar-refractivity contribution in [3.63, 3.8) is 0 Å². The zero-order valence-corrected chi connectivity index (χ0v) is 9.65. The molecule has 4 nitrogen and oxygen atoms in total. The Kier molecular flexibility index (Phi) is 2.75. The summed E-state index contributed by atoms with van der Waals surface area (Å²) < 4.78 is 25.1. The molecular formula is C9H17NO3S. The van der Waals surface area contributed by atoms with Gasteiger partial charge in [0.1, 0.15) is 11.0 Å². The van der Waals surface area contributed by atoms with Gasteiger partial charge in [0.15, 0.2) is 0 Å². The Hall–Kier alpha value is -0.420. The van der Waals surface area contributed by atoms with Crippen LogP contribution in [0.25, 0.3) is 0 Å². The van der Waals surface area contributed by atoms with Crippen LogP contribution < -0.4 is 4.72 Å². The summed E-state index contributed by atoms with van der Waals surface area (Å²) in [6.45, 7) is 5.30. The zero-order valence-electron chi connectivity index (χ0n) is 8.83. The van der Waals surface area contributed by atoms with Crippen molar-refractivity contribution in [3.8, 4) is 0 Å². The van der Waals surface area contributed by atoms with E-state index in [0.29, 0.717) is 19.1 Å². The molecule has 0 bridgehead atoms. The van der Waals surface area contributed by atoms with Gasteiger partial charge >= 0.3 is 0 Å². The lowest BCUT2D eigenvalue weighted by Crippen LogP contribution is -2.56. The van der Waals surface area contributed by atoms with Gasteiger partial charge < -0.3 is 4.79 Å². The summed E-state index contributed by atoms with van der Waals surface area (Å²) in [5, 5.41) is 0. The summed E-state index contributed by atoms with van der Waals surface area (Å²) >= 11 is 0. The molecule has 1 rings (SSSR count). The summed E-state index contributed by atoms with van der Waals surface area (Å²) in [5.74, 6) is 0. The molecule has 0 aromatic rings. The van der Waals surface area contributed by atoms with Gasteiger partial charge in [-0.25, -0.2) is 13.1 Å². The van der Waals surface area contributed by atoms with Crippen LogP contribution in [0.2, 0.25) is 0 Å². The molecular weight excluding hydrogens is 202 g/mol. The normalized spacial score (nSPS) is 21.4. The molecule has 0 amide bonds. The Balaban J connectivity index is 2.90. The van der Waals surface area contributed by atoms with Crippen molar-refractivity contribution in [2.45, 2.75) is 50.3 Å². The van der Waals surface area contributed by atoms with E-state index in [0.717, 1.165) is 6.42 Å². The predicted molar refractivity (Wildman–Crippen MR) is 54.5 cm³/mol. The third-order valence-corrected chi connectivity index (χ3v) is 4.85. The lowest BCUT2D eigenvalue weighted by Gasteiger charge is -2.38. The minimum absolute atomic E-state index is 0.446. The average molecular weight is 219 g/mol. The third-order valence-electron chi connectivity index (χ3n) is 2.39. The van der Waals surface area contributed by atoms with E-state index in [1.807, 2.05) is 0 Å². The molecule has 1 fully saturated rings. The maximum Gasteiger partial charge on any atom is 0.224 e. The van der Waals surface area contributed by atoms with Crippen LogP contribution in [-0.4, -0.2) is 25.0 Å². The van der Waals surface area contributed by atoms with E-state index in [1.165, 1.54) is 0 Å². The van der Waals surface area contributed by atoms with E-state index >= 15 is 0 Å². The van der Waals surface area contributed by atoms with Crippen molar-refractivity contribution < 1.29 is 13.2 Å². The fourth-order valence-electron chi connectivity index (χ4n) is 1.48. The number of aldehydes is 1. The number of carbonyl (C=O) groups is 1. The predicted octanol–water partition coefficient (Wildman–Crippen LogP) is 0.826. The maximum atomic E-state index is 11.8. The molecule has 5 heteroatoms. The van der Waals surface area contributed by atoms with E-state index in [-0.39, 0.29) is 0 Å². The van der Waals surface area contributed by atoms with Crippen LogP contribution in [0.15, 0.2) is 0 Å². The fourth-order valence-corrected chi connectivity index (χ4v) is 3.44. The Morgan fingerprint density at radius 2 is 1.79 bits per heavy atom. The van der Waals surface area contributed by atoms with E-state index in [9.17, 15) is 13.2 Å². The molecule has 1 aliphatic carbocycles. The summed E-state index contributed by atoms with van der Waals surface area (Å²) in [6, 6.07) is 0. The monoisotopic (exact) mass is 219 g/mol. The van der Waals surface area contributed by atoms with Gasteiger partial charge in [0.2, 0.25) is 10.0 Å². The second kappa shape index (κ2) is 3.31. The van der Waals surface area contributed by atoms with Gasteiger partial charge in [0, 0.05) is 5.54 Å². The highest BCUT2D eigenvalue weighted by Crippen LogP contribution is 2.37. The first kappa shape index (κ1) is 11.7. The molecule has 82 valence electrons. The van der Waals surface area contributed by atoms with E-state index in [2.05, 4.69) is 4.72 Å². The molecule has 0 aliphatic heterocycles. The van der Waals surface area contributed by atoms with E-state index < -0.39 is 20.3 Å². The second-order valence-electron chi connectivity index (χ2n) is 4.89. The minimum atomic E-state index is -3.51. The highest BCUT2D eigenvalue weighted by molar-refractivity contribution is 7.91. The molecule has 0 radical (unpaired) electrons. The largest absolute Gasteiger partial charge is 0.302 e. The summed E-state index contributed by atoms with van der Waals surface area (Å²) in [5.41, 5.74) is -0.523. The van der Waals surface area contributed by atoms with Crippen molar-refractivity contribution in [1.29, 1.82) is 0 Å². The summed E-state index contributed by atoms with van der Waals surface area (Å²) in [7, 11) is -3.51. The SMILES string of the molecule is CC(C)(C)NS(=O)(=O)C1(C=O)CCC1. The molecule has 0 saturated heterocycles. The molecule has 0 heterocycles. The lowest BCUT2D eigenvalue weighted by atomic mass is 9.86. The first-order valence-electron chi connectivity index (χ1n) is 4.72. The molecule has 0 unspecified atom stereocenters. The van der Waals surface area contributed by atoms with Gasteiger partial charge in [-0.1, -0.05) is 0 Å². The Morgan fingerprint density at radius 1 is 1.29 bits per heavy atom. The van der Waals surface area contributed by atoms with Gasteiger partial charge in [-0.2, -0.15) is 0 Å². The van der Waals surface area contributed by atoms with Gasteiger partial charge in [-0.05, 0) is 40.0 Å². The van der Waals surface area contributed by atoms with Crippen LogP contribution in [-0.2, 0) is 14.8 Å². The smallest absolute Gasteiger partial charge is 0.224 e. The van der Waals surface area contributed by atoms with E-state index in [1.54, 1.807) is 20.8 Å². The van der Waals surface area contributed by atoms with Crippen LogP contribution in [0.1, 0.15) is 40.0 Å². The molecule has 14 heavy (non-hydrogen) atoms. The first-order chi connectivity index (χ1) is 6.22. The molecule has 1 N–H and O–H groups in total. The number of hydrogen-bond acceptors (Lipinski definition) is 3. The average Bonchev–Trinajstić information content (AvgIpc) is 1.77.